The fourth-order valence-electron chi connectivity index (χ4n) is 0.808. The molecule has 72 valence electrons. The number of aliphatic hydroxyl groups is 2. The Hall–Kier alpha value is -1.26. The molecule has 0 aliphatic carbocycles. The van der Waals surface area contributed by atoms with Crippen molar-refractivity contribution in [2.45, 2.75) is 19.3 Å². The van der Waals surface area contributed by atoms with Gasteiger partial charge in [-0.15, -0.1) is 0 Å². The molecule has 0 aromatic heterocycles. The number of aromatic hydroxyl groups is 1. The van der Waals surface area contributed by atoms with E-state index in [9.17, 15) is 0 Å². The summed E-state index contributed by atoms with van der Waals surface area (Å²) >= 11 is 0. The van der Waals surface area contributed by atoms with Crippen molar-refractivity contribution in [3.8, 4) is 11.5 Å². The third kappa shape index (κ3) is 2.93. The van der Waals surface area contributed by atoms with Crippen LogP contribution in [-0.2, 0) is 0 Å². The van der Waals surface area contributed by atoms with Gasteiger partial charge in [0.1, 0.15) is 11.5 Å². The van der Waals surface area contributed by atoms with Crippen molar-refractivity contribution in [1.29, 1.82) is 0 Å². The molecular weight excluding hydrogens is 172 g/mol. The molecule has 0 fully saturated rings. The maximum Gasteiger partial charge on any atom is 0.321 e. The van der Waals surface area contributed by atoms with E-state index in [1.54, 1.807) is 13.0 Å². The quantitative estimate of drug-likeness (QED) is 0.608. The van der Waals surface area contributed by atoms with E-state index in [1.165, 1.54) is 18.2 Å². The molecule has 3 N–H and O–H groups in total. The van der Waals surface area contributed by atoms with Crippen LogP contribution in [0, 0.1) is 0 Å². The van der Waals surface area contributed by atoms with Crippen molar-refractivity contribution in [2.75, 3.05) is 0 Å². The first-order valence-electron chi connectivity index (χ1n) is 3.96. The first-order valence-corrected chi connectivity index (χ1v) is 3.96. The molecule has 0 saturated carbocycles. The van der Waals surface area contributed by atoms with Gasteiger partial charge in [-0.3, -0.25) is 0 Å². The molecule has 13 heavy (non-hydrogen) atoms. The normalized spacial score (nSPS) is 11.3. The standard InChI is InChI=1S/C9H12O4/c1-2-9(11,12)13-8-5-3-4-7(10)6-8/h3-6,10-12H,2H2,1H3. The average Bonchev–Trinajstić information content (AvgIpc) is 2.03. The molecule has 0 heterocycles. The van der Waals surface area contributed by atoms with Crippen LogP contribution >= 0.6 is 0 Å². The van der Waals surface area contributed by atoms with Gasteiger partial charge >= 0.3 is 5.97 Å². The van der Waals surface area contributed by atoms with Gasteiger partial charge in [-0.05, 0) is 12.1 Å². The molecule has 1 aromatic rings. The lowest BCUT2D eigenvalue weighted by Crippen LogP contribution is -2.34. The molecule has 1 rings (SSSR count). The topological polar surface area (TPSA) is 69.9 Å². The number of hydrogen-bond donors (Lipinski definition) is 3. The zero-order chi connectivity index (χ0) is 9.90. The highest BCUT2D eigenvalue weighted by Crippen LogP contribution is 2.21. The Morgan fingerprint density at radius 2 is 2.08 bits per heavy atom. The van der Waals surface area contributed by atoms with E-state index in [0.717, 1.165) is 0 Å². The van der Waals surface area contributed by atoms with Crippen LogP contribution in [0.5, 0.6) is 11.5 Å². The van der Waals surface area contributed by atoms with Crippen molar-refractivity contribution in [3.63, 3.8) is 0 Å². The minimum atomic E-state index is -2.17. The molecule has 4 nitrogen and oxygen atoms in total. The third-order valence-corrected chi connectivity index (χ3v) is 1.56. The van der Waals surface area contributed by atoms with Gasteiger partial charge in [-0.1, -0.05) is 13.0 Å². The highest BCUT2D eigenvalue weighted by atomic mass is 16.8. The summed E-state index contributed by atoms with van der Waals surface area (Å²) in [7, 11) is 0. The van der Waals surface area contributed by atoms with Gasteiger partial charge in [0, 0.05) is 12.5 Å². The zero-order valence-electron chi connectivity index (χ0n) is 7.27. The van der Waals surface area contributed by atoms with Crippen LogP contribution in [0.25, 0.3) is 0 Å². The first-order chi connectivity index (χ1) is 6.03. The fourth-order valence-corrected chi connectivity index (χ4v) is 0.808. The highest BCUT2D eigenvalue weighted by molar-refractivity contribution is 5.31. The monoisotopic (exact) mass is 184 g/mol. The average molecular weight is 184 g/mol. The summed E-state index contributed by atoms with van der Waals surface area (Å²) in [5.41, 5.74) is 0. The predicted octanol–water partition coefficient (Wildman–Crippen LogP) is 0.819. The lowest BCUT2D eigenvalue weighted by atomic mass is 10.3. The first kappa shape index (κ1) is 9.83. The molecule has 0 radical (unpaired) electrons. The van der Waals surface area contributed by atoms with E-state index in [0.29, 0.717) is 0 Å². The predicted molar refractivity (Wildman–Crippen MR) is 46.2 cm³/mol. The molecule has 1 aromatic carbocycles. The number of rotatable bonds is 3. The Labute approximate surface area is 76.0 Å². The smallest absolute Gasteiger partial charge is 0.321 e. The van der Waals surface area contributed by atoms with Crippen molar-refractivity contribution in [1.82, 2.24) is 0 Å². The zero-order valence-corrected chi connectivity index (χ0v) is 7.27. The molecule has 0 bridgehead atoms. The maximum absolute atomic E-state index is 9.12. The van der Waals surface area contributed by atoms with E-state index in [2.05, 4.69) is 0 Å². The second-order valence-electron chi connectivity index (χ2n) is 2.70. The number of ether oxygens (including phenoxy) is 1. The molecule has 0 amide bonds. The minimum Gasteiger partial charge on any atom is -0.508 e. The molecule has 0 spiro atoms. The van der Waals surface area contributed by atoms with Crippen LogP contribution in [0.3, 0.4) is 0 Å². The summed E-state index contributed by atoms with van der Waals surface area (Å²) in [6.07, 6.45) is 0.0443. The van der Waals surface area contributed by atoms with E-state index >= 15 is 0 Å². The summed E-state index contributed by atoms with van der Waals surface area (Å²) in [6, 6.07) is 5.85. The van der Waals surface area contributed by atoms with Gasteiger partial charge in [0.25, 0.3) is 0 Å². The Morgan fingerprint density at radius 3 is 2.62 bits per heavy atom. The van der Waals surface area contributed by atoms with Gasteiger partial charge < -0.3 is 20.1 Å². The number of phenolic OH excluding ortho intramolecular Hbond substituents is 1. The number of phenols is 1. The second-order valence-corrected chi connectivity index (χ2v) is 2.70. The summed E-state index contributed by atoms with van der Waals surface area (Å²) in [6.45, 7) is 1.57. The largest absolute Gasteiger partial charge is 0.508 e. The van der Waals surface area contributed by atoms with Crippen molar-refractivity contribution in [3.05, 3.63) is 24.3 Å². The molecular formula is C9H12O4. The van der Waals surface area contributed by atoms with E-state index in [1.807, 2.05) is 0 Å². The van der Waals surface area contributed by atoms with Crippen LogP contribution in [0.4, 0.5) is 0 Å². The van der Waals surface area contributed by atoms with Crippen LogP contribution in [0.15, 0.2) is 24.3 Å². The Kier molecular flexibility index (Phi) is 2.75. The maximum atomic E-state index is 9.12. The molecule has 0 saturated heterocycles. The van der Waals surface area contributed by atoms with Crippen molar-refractivity contribution in [2.24, 2.45) is 0 Å². The summed E-state index contributed by atoms with van der Waals surface area (Å²) in [4.78, 5) is 0. The van der Waals surface area contributed by atoms with Gasteiger partial charge in [0.2, 0.25) is 0 Å². The molecule has 0 aliphatic rings. The Bertz CT molecular complexity index is 283. The van der Waals surface area contributed by atoms with Gasteiger partial charge in [-0.2, -0.15) is 0 Å². The van der Waals surface area contributed by atoms with E-state index in [4.69, 9.17) is 20.1 Å². The van der Waals surface area contributed by atoms with Crippen LogP contribution in [0.1, 0.15) is 13.3 Å². The summed E-state index contributed by atoms with van der Waals surface area (Å²) in [5.74, 6) is -1.94. The second kappa shape index (κ2) is 3.64. The number of benzene rings is 1. The molecule has 0 unspecified atom stereocenters. The third-order valence-electron chi connectivity index (χ3n) is 1.56. The Morgan fingerprint density at radius 1 is 1.38 bits per heavy atom. The fraction of sp³-hybridized carbons (Fsp3) is 0.333. The van der Waals surface area contributed by atoms with E-state index in [-0.39, 0.29) is 17.9 Å². The van der Waals surface area contributed by atoms with Crippen molar-refractivity contribution < 1.29 is 20.1 Å². The molecule has 0 aliphatic heterocycles. The molecule has 0 atom stereocenters. The Balaban J connectivity index is 2.74. The lowest BCUT2D eigenvalue weighted by Gasteiger charge is -2.20. The van der Waals surface area contributed by atoms with Crippen LogP contribution in [-0.4, -0.2) is 21.3 Å². The van der Waals surface area contributed by atoms with Gasteiger partial charge in [0.05, 0.1) is 0 Å². The summed E-state index contributed by atoms with van der Waals surface area (Å²) < 4.78 is 4.78. The molecule has 4 heteroatoms. The summed E-state index contributed by atoms with van der Waals surface area (Å²) in [5, 5.41) is 27.3. The van der Waals surface area contributed by atoms with Crippen LogP contribution in [0.2, 0.25) is 0 Å². The van der Waals surface area contributed by atoms with Gasteiger partial charge in [0.15, 0.2) is 0 Å². The van der Waals surface area contributed by atoms with Gasteiger partial charge in [-0.25, -0.2) is 0 Å². The SMILES string of the molecule is CCC(O)(O)Oc1cccc(O)c1. The van der Waals surface area contributed by atoms with E-state index < -0.39 is 5.97 Å². The van der Waals surface area contributed by atoms with Crippen LogP contribution < -0.4 is 4.74 Å². The van der Waals surface area contributed by atoms with Crippen molar-refractivity contribution >= 4 is 0 Å². The highest BCUT2D eigenvalue weighted by Gasteiger charge is 2.22. The lowest BCUT2D eigenvalue weighted by molar-refractivity contribution is -0.292. The number of hydrogen-bond acceptors (Lipinski definition) is 4. The minimum absolute atomic E-state index is 0.0180.